The average Bonchev–Trinajstić information content (AvgIpc) is 2.30. The van der Waals surface area contributed by atoms with E-state index in [-0.39, 0.29) is 11.5 Å². The van der Waals surface area contributed by atoms with E-state index in [0.717, 1.165) is 22.4 Å². The minimum absolute atomic E-state index is 0.103. The number of allylic oxidation sites excluding steroid dienone is 1. The fourth-order valence-electron chi connectivity index (χ4n) is 2.55. The van der Waals surface area contributed by atoms with Crippen molar-refractivity contribution >= 4 is 17.2 Å². The second-order valence-corrected chi connectivity index (χ2v) is 7.44. The van der Waals surface area contributed by atoms with Gasteiger partial charge >= 0.3 is 5.97 Å². The monoisotopic (exact) mass is 287 g/mol. The quantitative estimate of drug-likeness (QED) is 0.608. The first-order valence-corrected chi connectivity index (χ1v) is 7.35. The highest BCUT2D eigenvalue weighted by Crippen LogP contribution is 2.41. The van der Waals surface area contributed by atoms with Crippen LogP contribution in [-0.4, -0.2) is 11.5 Å². The molecule has 0 radical (unpaired) electrons. The Morgan fingerprint density at radius 1 is 1.19 bits per heavy atom. The van der Waals surface area contributed by atoms with Crippen molar-refractivity contribution < 1.29 is 9.53 Å². The molecule has 0 spiro atoms. The van der Waals surface area contributed by atoms with Crippen molar-refractivity contribution in [1.29, 1.82) is 0 Å². The number of ether oxygens (including phenoxy) is 1. The van der Waals surface area contributed by atoms with Crippen molar-refractivity contribution in [2.75, 3.05) is 5.32 Å². The lowest BCUT2D eigenvalue weighted by Crippen LogP contribution is -2.32. The summed E-state index contributed by atoms with van der Waals surface area (Å²) in [5.41, 5.74) is 3.71. The van der Waals surface area contributed by atoms with Crippen LogP contribution in [0.2, 0.25) is 0 Å². The van der Waals surface area contributed by atoms with Crippen molar-refractivity contribution in [3.05, 3.63) is 29.3 Å². The van der Waals surface area contributed by atoms with Crippen LogP contribution in [0, 0.1) is 12.3 Å². The second kappa shape index (κ2) is 4.90. The third kappa shape index (κ3) is 3.12. The molecule has 0 unspecified atom stereocenters. The van der Waals surface area contributed by atoms with Crippen molar-refractivity contribution in [1.82, 2.24) is 0 Å². The molecule has 0 bridgehead atoms. The first-order chi connectivity index (χ1) is 9.51. The molecule has 21 heavy (non-hydrogen) atoms. The van der Waals surface area contributed by atoms with Crippen molar-refractivity contribution in [3.8, 4) is 5.75 Å². The van der Waals surface area contributed by atoms with Crippen molar-refractivity contribution in [3.63, 3.8) is 0 Å². The standard InChI is InChI=1S/C18H25NO2/c1-11-8-9-13(21-16(20)17(3,4)5)14-12(2)10-18(6,7)19-15(11)14/h8-10,19H,1-7H3. The van der Waals surface area contributed by atoms with Crippen LogP contribution in [0.3, 0.4) is 0 Å². The zero-order valence-corrected chi connectivity index (χ0v) is 14.0. The molecule has 0 saturated heterocycles. The Morgan fingerprint density at radius 2 is 1.81 bits per heavy atom. The predicted octanol–water partition coefficient (Wildman–Crippen LogP) is 4.55. The third-order valence-corrected chi connectivity index (χ3v) is 3.61. The van der Waals surface area contributed by atoms with Gasteiger partial charge < -0.3 is 10.1 Å². The summed E-state index contributed by atoms with van der Waals surface area (Å²) < 4.78 is 5.65. The molecule has 1 aromatic carbocycles. The molecule has 1 heterocycles. The van der Waals surface area contributed by atoms with E-state index in [1.807, 2.05) is 32.9 Å². The maximum absolute atomic E-state index is 12.2. The molecule has 2 rings (SSSR count). The van der Waals surface area contributed by atoms with E-state index in [0.29, 0.717) is 5.75 Å². The molecule has 1 aromatic rings. The summed E-state index contributed by atoms with van der Waals surface area (Å²) in [5.74, 6) is 0.415. The van der Waals surface area contributed by atoms with Gasteiger partial charge in [0.25, 0.3) is 0 Å². The van der Waals surface area contributed by atoms with E-state index in [2.05, 4.69) is 39.1 Å². The molecule has 0 aromatic heterocycles. The molecule has 3 nitrogen and oxygen atoms in total. The molecule has 0 atom stereocenters. The van der Waals surface area contributed by atoms with Gasteiger partial charge in [0, 0.05) is 11.3 Å². The van der Waals surface area contributed by atoms with Gasteiger partial charge in [-0.2, -0.15) is 0 Å². The summed E-state index contributed by atoms with van der Waals surface area (Å²) >= 11 is 0. The van der Waals surface area contributed by atoms with Crippen LogP contribution in [0.1, 0.15) is 52.7 Å². The number of hydrogen-bond acceptors (Lipinski definition) is 3. The van der Waals surface area contributed by atoms with Gasteiger partial charge in [0.1, 0.15) is 5.75 Å². The summed E-state index contributed by atoms with van der Waals surface area (Å²) in [6.45, 7) is 14.0. The number of carbonyl (C=O) groups excluding carboxylic acids is 1. The minimum atomic E-state index is -0.517. The summed E-state index contributed by atoms with van der Waals surface area (Å²) in [6, 6.07) is 3.88. The Labute approximate surface area is 127 Å². The lowest BCUT2D eigenvalue weighted by atomic mass is 9.89. The van der Waals surface area contributed by atoms with Gasteiger partial charge in [-0.25, -0.2) is 0 Å². The van der Waals surface area contributed by atoms with E-state index in [1.54, 1.807) is 0 Å². The molecule has 0 saturated carbocycles. The third-order valence-electron chi connectivity index (χ3n) is 3.61. The van der Waals surface area contributed by atoms with Gasteiger partial charge in [-0.05, 0) is 65.7 Å². The Bertz CT molecular complexity index is 619. The van der Waals surface area contributed by atoms with E-state index in [1.165, 1.54) is 0 Å². The molecule has 0 fully saturated rings. The molecular weight excluding hydrogens is 262 g/mol. The number of fused-ring (bicyclic) bond motifs is 1. The average molecular weight is 287 g/mol. The number of anilines is 1. The lowest BCUT2D eigenvalue weighted by molar-refractivity contribution is -0.143. The maximum Gasteiger partial charge on any atom is 0.316 e. The van der Waals surface area contributed by atoms with E-state index in [9.17, 15) is 4.79 Å². The number of rotatable bonds is 1. The minimum Gasteiger partial charge on any atom is -0.425 e. The molecule has 0 aliphatic carbocycles. The molecule has 3 heteroatoms. The Hall–Kier alpha value is -1.77. The molecule has 1 aliphatic heterocycles. The fourth-order valence-corrected chi connectivity index (χ4v) is 2.55. The first-order valence-electron chi connectivity index (χ1n) is 7.35. The molecule has 0 amide bonds. The number of aryl methyl sites for hydroxylation is 1. The van der Waals surface area contributed by atoms with Crippen molar-refractivity contribution in [2.24, 2.45) is 5.41 Å². The molecule has 1 aliphatic rings. The second-order valence-electron chi connectivity index (χ2n) is 7.44. The Kier molecular flexibility index (Phi) is 3.64. The number of nitrogens with one attached hydrogen (secondary N) is 1. The van der Waals surface area contributed by atoms with E-state index in [4.69, 9.17) is 4.74 Å². The highest BCUT2D eigenvalue weighted by Gasteiger charge is 2.29. The SMILES string of the molecule is CC1=CC(C)(C)Nc2c(C)ccc(OC(=O)C(C)(C)C)c21. The lowest BCUT2D eigenvalue weighted by Gasteiger charge is -2.33. The van der Waals surface area contributed by atoms with Crippen LogP contribution in [0.25, 0.3) is 5.57 Å². The Balaban J connectivity index is 2.50. The van der Waals surface area contributed by atoms with Gasteiger partial charge in [-0.1, -0.05) is 12.1 Å². The fraction of sp³-hybridized carbons (Fsp3) is 0.500. The Morgan fingerprint density at radius 3 is 2.38 bits per heavy atom. The van der Waals surface area contributed by atoms with Crippen LogP contribution in [0.15, 0.2) is 18.2 Å². The number of carbonyl (C=O) groups is 1. The summed E-state index contributed by atoms with van der Waals surface area (Å²) in [6.07, 6.45) is 2.17. The summed E-state index contributed by atoms with van der Waals surface area (Å²) in [5, 5.41) is 3.52. The van der Waals surface area contributed by atoms with Crippen LogP contribution in [0.4, 0.5) is 5.69 Å². The van der Waals surface area contributed by atoms with Gasteiger partial charge in [-0.3, -0.25) is 4.79 Å². The number of benzene rings is 1. The topological polar surface area (TPSA) is 38.3 Å². The van der Waals surface area contributed by atoms with Gasteiger partial charge in [-0.15, -0.1) is 0 Å². The van der Waals surface area contributed by atoms with Crippen LogP contribution < -0.4 is 10.1 Å². The summed E-state index contributed by atoms with van der Waals surface area (Å²) in [7, 11) is 0. The van der Waals surface area contributed by atoms with Gasteiger partial charge in [0.05, 0.1) is 11.0 Å². The smallest absolute Gasteiger partial charge is 0.316 e. The zero-order valence-electron chi connectivity index (χ0n) is 14.0. The van der Waals surface area contributed by atoms with Crippen LogP contribution in [0.5, 0.6) is 5.75 Å². The summed E-state index contributed by atoms with van der Waals surface area (Å²) in [4.78, 5) is 12.2. The number of esters is 1. The van der Waals surface area contributed by atoms with E-state index < -0.39 is 5.41 Å². The van der Waals surface area contributed by atoms with Crippen molar-refractivity contribution in [2.45, 2.75) is 54.0 Å². The molecular formula is C18H25NO2. The molecule has 1 N–H and O–H groups in total. The predicted molar refractivity (Wildman–Crippen MR) is 87.6 cm³/mol. The normalized spacial score (nSPS) is 16.6. The van der Waals surface area contributed by atoms with Crippen LogP contribution >= 0.6 is 0 Å². The van der Waals surface area contributed by atoms with Crippen LogP contribution in [-0.2, 0) is 4.79 Å². The highest BCUT2D eigenvalue weighted by molar-refractivity contribution is 5.88. The zero-order chi connectivity index (χ0) is 16.0. The maximum atomic E-state index is 12.2. The van der Waals surface area contributed by atoms with Gasteiger partial charge in [0.2, 0.25) is 0 Å². The number of hydrogen-bond donors (Lipinski definition) is 1. The largest absolute Gasteiger partial charge is 0.425 e. The van der Waals surface area contributed by atoms with Gasteiger partial charge in [0.15, 0.2) is 0 Å². The van der Waals surface area contributed by atoms with E-state index >= 15 is 0 Å². The highest BCUT2D eigenvalue weighted by atomic mass is 16.5. The first kappa shape index (κ1) is 15.6. The molecule has 114 valence electrons.